The topological polar surface area (TPSA) is 30.8 Å². The van der Waals surface area contributed by atoms with E-state index in [1.807, 2.05) is 36.5 Å². The van der Waals surface area contributed by atoms with Crippen LogP contribution in [0.5, 0.6) is 0 Å². The van der Waals surface area contributed by atoms with Crippen LogP contribution in [0.2, 0.25) is 0 Å². The van der Waals surface area contributed by atoms with Crippen molar-refractivity contribution >= 4 is 6.21 Å². The lowest BCUT2D eigenvalue weighted by Gasteiger charge is -2.11. The molecule has 0 amide bonds. The zero-order valence-corrected chi connectivity index (χ0v) is 9.93. The van der Waals surface area contributed by atoms with Crippen molar-refractivity contribution in [3.8, 4) is 0 Å². The van der Waals surface area contributed by atoms with E-state index in [2.05, 4.69) is 4.99 Å². The Balaban J connectivity index is 2.18. The third-order valence-corrected chi connectivity index (χ3v) is 2.29. The molecule has 1 aromatic rings. The molecule has 3 heteroatoms. The van der Waals surface area contributed by atoms with Gasteiger partial charge in [-0.25, -0.2) is 0 Å². The highest BCUT2D eigenvalue weighted by Gasteiger charge is 2.02. The van der Waals surface area contributed by atoms with Crippen LogP contribution in [0, 0.1) is 0 Å². The van der Waals surface area contributed by atoms with Crippen molar-refractivity contribution in [2.45, 2.75) is 19.1 Å². The molecule has 0 saturated carbocycles. The summed E-state index contributed by atoms with van der Waals surface area (Å²) in [7, 11) is 3.31. The number of hydrogen-bond donors (Lipinski definition) is 0. The maximum Gasteiger partial charge on any atom is 0.156 e. The average Bonchev–Trinajstić information content (AvgIpc) is 2.35. The summed E-state index contributed by atoms with van der Waals surface area (Å²) < 4.78 is 10.2. The Morgan fingerprint density at radius 2 is 1.88 bits per heavy atom. The number of nitrogens with zero attached hydrogens (tertiary/aromatic N) is 1. The predicted octanol–water partition coefficient (Wildman–Crippen LogP) is 2.50. The van der Waals surface area contributed by atoms with Gasteiger partial charge in [0.2, 0.25) is 0 Å². The molecule has 0 N–H and O–H groups in total. The molecule has 0 fully saturated rings. The van der Waals surface area contributed by atoms with Gasteiger partial charge in [-0.1, -0.05) is 30.3 Å². The molecule has 16 heavy (non-hydrogen) atoms. The summed E-state index contributed by atoms with van der Waals surface area (Å²) >= 11 is 0. The summed E-state index contributed by atoms with van der Waals surface area (Å²) in [6, 6.07) is 10.1. The minimum atomic E-state index is -0.105. The molecule has 88 valence electrons. The number of methoxy groups -OCH3 is 2. The van der Waals surface area contributed by atoms with Crippen molar-refractivity contribution in [3.63, 3.8) is 0 Å². The second-order valence-corrected chi connectivity index (χ2v) is 3.49. The zero-order valence-electron chi connectivity index (χ0n) is 9.93. The Morgan fingerprint density at radius 1 is 1.19 bits per heavy atom. The molecular weight excluding hydrogens is 202 g/mol. The molecule has 0 saturated heterocycles. The van der Waals surface area contributed by atoms with E-state index in [9.17, 15) is 0 Å². The van der Waals surface area contributed by atoms with Crippen molar-refractivity contribution in [1.29, 1.82) is 0 Å². The third kappa shape index (κ3) is 5.05. The van der Waals surface area contributed by atoms with Crippen molar-refractivity contribution in [2.75, 3.05) is 20.8 Å². The number of aliphatic imine (C=N–C) groups is 1. The molecule has 0 aromatic heterocycles. The molecule has 0 aliphatic carbocycles. The first kappa shape index (κ1) is 12.9. The summed E-state index contributed by atoms with van der Waals surface area (Å²) in [6.07, 6.45) is 3.63. The lowest BCUT2D eigenvalue weighted by molar-refractivity contribution is -0.106. The number of ether oxygens (including phenoxy) is 2. The number of rotatable bonds is 7. The van der Waals surface area contributed by atoms with Gasteiger partial charge in [0.05, 0.1) is 0 Å². The Bertz CT molecular complexity index is 294. The highest BCUT2D eigenvalue weighted by molar-refractivity contribution is 5.79. The Labute approximate surface area is 97.1 Å². The second-order valence-electron chi connectivity index (χ2n) is 3.49. The quantitative estimate of drug-likeness (QED) is 0.402. The number of hydrogen-bond acceptors (Lipinski definition) is 3. The van der Waals surface area contributed by atoms with E-state index in [1.54, 1.807) is 14.2 Å². The standard InChI is InChI=1S/C13H19NO2/c1-15-13(16-2)9-6-10-14-11-12-7-4-3-5-8-12/h3-5,7-8,11,13H,6,9-10H2,1-2H3. The normalized spacial score (nSPS) is 11.4. The van der Waals surface area contributed by atoms with Gasteiger partial charge in [-0.05, 0) is 12.0 Å². The highest BCUT2D eigenvalue weighted by Crippen LogP contribution is 2.02. The number of benzene rings is 1. The molecule has 0 radical (unpaired) electrons. The SMILES string of the molecule is COC(CCCN=Cc1ccccc1)OC. The van der Waals surface area contributed by atoms with Crippen molar-refractivity contribution in [3.05, 3.63) is 35.9 Å². The van der Waals surface area contributed by atoms with Gasteiger partial charge >= 0.3 is 0 Å². The summed E-state index contributed by atoms with van der Waals surface area (Å²) in [4.78, 5) is 4.35. The van der Waals surface area contributed by atoms with Gasteiger partial charge in [0, 0.05) is 33.4 Å². The van der Waals surface area contributed by atoms with Crippen LogP contribution in [0.4, 0.5) is 0 Å². The summed E-state index contributed by atoms with van der Waals surface area (Å²) in [5, 5.41) is 0. The van der Waals surface area contributed by atoms with Gasteiger partial charge in [-0.3, -0.25) is 4.99 Å². The molecule has 1 aromatic carbocycles. The van der Waals surface area contributed by atoms with Gasteiger partial charge in [-0.15, -0.1) is 0 Å². The Kier molecular flexibility index (Phi) is 6.45. The van der Waals surface area contributed by atoms with Crippen LogP contribution < -0.4 is 0 Å². The monoisotopic (exact) mass is 221 g/mol. The van der Waals surface area contributed by atoms with Crippen LogP contribution in [0.3, 0.4) is 0 Å². The van der Waals surface area contributed by atoms with Crippen LogP contribution in [0.1, 0.15) is 18.4 Å². The minimum Gasteiger partial charge on any atom is -0.356 e. The molecule has 0 aliphatic heterocycles. The van der Waals surface area contributed by atoms with E-state index < -0.39 is 0 Å². The van der Waals surface area contributed by atoms with E-state index in [1.165, 1.54) is 0 Å². The first-order valence-corrected chi connectivity index (χ1v) is 5.47. The molecule has 0 heterocycles. The van der Waals surface area contributed by atoms with Crippen LogP contribution in [-0.2, 0) is 9.47 Å². The molecular formula is C13H19NO2. The van der Waals surface area contributed by atoms with E-state index >= 15 is 0 Å². The van der Waals surface area contributed by atoms with Crippen LogP contribution in [-0.4, -0.2) is 33.3 Å². The molecule has 1 rings (SSSR count). The van der Waals surface area contributed by atoms with Crippen molar-refractivity contribution in [2.24, 2.45) is 4.99 Å². The summed E-state index contributed by atoms with van der Waals surface area (Å²) in [6.45, 7) is 0.804. The molecule has 0 bridgehead atoms. The smallest absolute Gasteiger partial charge is 0.156 e. The van der Waals surface area contributed by atoms with Crippen molar-refractivity contribution in [1.82, 2.24) is 0 Å². The lowest BCUT2D eigenvalue weighted by Crippen LogP contribution is -2.12. The van der Waals surface area contributed by atoms with Gasteiger partial charge in [0.15, 0.2) is 6.29 Å². The van der Waals surface area contributed by atoms with Crippen LogP contribution >= 0.6 is 0 Å². The molecule has 0 atom stereocenters. The maximum atomic E-state index is 5.09. The van der Waals surface area contributed by atoms with Crippen molar-refractivity contribution < 1.29 is 9.47 Å². The van der Waals surface area contributed by atoms with Crippen LogP contribution in [0.15, 0.2) is 35.3 Å². The fourth-order valence-corrected chi connectivity index (χ4v) is 1.39. The molecule has 0 spiro atoms. The van der Waals surface area contributed by atoms with E-state index in [4.69, 9.17) is 9.47 Å². The molecule has 0 unspecified atom stereocenters. The summed E-state index contributed by atoms with van der Waals surface area (Å²) in [5.41, 5.74) is 1.14. The van der Waals surface area contributed by atoms with E-state index in [0.717, 1.165) is 24.9 Å². The van der Waals surface area contributed by atoms with Gasteiger partial charge in [0.25, 0.3) is 0 Å². The Morgan fingerprint density at radius 3 is 2.50 bits per heavy atom. The summed E-state index contributed by atoms with van der Waals surface area (Å²) in [5.74, 6) is 0. The first-order valence-electron chi connectivity index (χ1n) is 5.47. The van der Waals surface area contributed by atoms with E-state index in [-0.39, 0.29) is 6.29 Å². The third-order valence-electron chi connectivity index (χ3n) is 2.29. The van der Waals surface area contributed by atoms with E-state index in [0.29, 0.717) is 0 Å². The first-order chi connectivity index (χ1) is 7.86. The molecule has 3 nitrogen and oxygen atoms in total. The minimum absolute atomic E-state index is 0.105. The largest absolute Gasteiger partial charge is 0.356 e. The fourth-order valence-electron chi connectivity index (χ4n) is 1.39. The van der Waals surface area contributed by atoms with Crippen LogP contribution in [0.25, 0.3) is 0 Å². The average molecular weight is 221 g/mol. The fraction of sp³-hybridized carbons (Fsp3) is 0.462. The van der Waals surface area contributed by atoms with Gasteiger partial charge in [-0.2, -0.15) is 0 Å². The predicted molar refractivity (Wildman–Crippen MR) is 65.9 cm³/mol. The second kappa shape index (κ2) is 8.02. The van der Waals surface area contributed by atoms with Gasteiger partial charge < -0.3 is 9.47 Å². The Hall–Kier alpha value is -1.19. The lowest BCUT2D eigenvalue weighted by atomic mass is 10.2. The highest BCUT2D eigenvalue weighted by atomic mass is 16.7. The molecule has 0 aliphatic rings. The van der Waals surface area contributed by atoms with Gasteiger partial charge in [0.1, 0.15) is 0 Å². The zero-order chi connectivity index (χ0) is 11.6. The maximum absolute atomic E-state index is 5.09.